The van der Waals surface area contributed by atoms with Gasteiger partial charge in [0.25, 0.3) is 5.91 Å². The Hall–Kier alpha value is -1.94. The molecule has 0 fully saturated rings. The zero-order chi connectivity index (χ0) is 13.0. The molecule has 0 aliphatic rings. The average molecular weight is 265 g/mol. The molecule has 5 heteroatoms. The Balaban J connectivity index is 2.02. The van der Waals surface area contributed by atoms with Crippen molar-refractivity contribution >= 4 is 17.5 Å². The van der Waals surface area contributed by atoms with Crippen molar-refractivity contribution in [3.8, 4) is 0 Å². The second-order valence-electron chi connectivity index (χ2n) is 3.66. The second kappa shape index (κ2) is 5.60. The molecule has 0 spiro atoms. The van der Waals surface area contributed by atoms with Gasteiger partial charge in [0.05, 0.1) is 5.56 Å². The van der Waals surface area contributed by atoms with Crippen LogP contribution in [0.1, 0.15) is 15.9 Å². The van der Waals surface area contributed by atoms with Gasteiger partial charge in [-0.2, -0.15) is 0 Å². The highest BCUT2D eigenvalue weighted by atomic mass is 35.5. The molecule has 0 saturated heterocycles. The quantitative estimate of drug-likeness (QED) is 0.926. The van der Waals surface area contributed by atoms with Crippen LogP contribution in [0.5, 0.6) is 0 Å². The van der Waals surface area contributed by atoms with Gasteiger partial charge in [-0.25, -0.2) is 4.39 Å². The highest BCUT2D eigenvalue weighted by molar-refractivity contribution is 6.31. The van der Waals surface area contributed by atoms with Crippen LogP contribution in [-0.2, 0) is 6.54 Å². The summed E-state index contributed by atoms with van der Waals surface area (Å²) >= 11 is 5.86. The van der Waals surface area contributed by atoms with Gasteiger partial charge >= 0.3 is 0 Å². The number of aromatic nitrogens is 1. The summed E-state index contributed by atoms with van der Waals surface area (Å²) in [5.41, 5.74) is 1.13. The normalized spacial score (nSPS) is 10.1. The monoisotopic (exact) mass is 264 g/mol. The van der Waals surface area contributed by atoms with Crippen LogP contribution in [0.2, 0.25) is 5.02 Å². The topological polar surface area (TPSA) is 42.0 Å². The van der Waals surface area contributed by atoms with Gasteiger partial charge in [0.2, 0.25) is 0 Å². The van der Waals surface area contributed by atoms with Crippen LogP contribution < -0.4 is 5.32 Å². The maximum atomic E-state index is 12.8. The number of nitrogens with one attached hydrogen (secondary N) is 1. The van der Waals surface area contributed by atoms with Crippen LogP contribution in [0, 0.1) is 5.82 Å². The summed E-state index contributed by atoms with van der Waals surface area (Å²) in [6.07, 6.45) is 3.06. The van der Waals surface area contributed by atoms with E-state index in [1.807, 2.05) is 0 Å². The molecular weight excluding hydrogens is 255 g/mol. The lowest BCUT2D eigenvalue weighted by molar-refractivity contribution is 0.0950. The number of hydrogen-bond donors (Lipinski definition) is 1. The van der Waals surface area contributed by atoms with Crippen molar-refractivity contribution in [2.45, 2.75) is 6.54 Å². The number of halogens is 2. The Morgan fingerprint density at radius 3 is 2.89 bits per heavy atom. The molecule has 18 heavy (non-hydrogen) atoms. The summed E-state index contributed by atoms with van der Waals surface area (Å²) in [6.45, 7) is 0.243. The van der Waals surface area contributed by atoms with Crippen LogP contribution in [0.3, 0.4) is 0 Å². The Bertz CT molecular complexity index is 560. The highest BCUT2D eigenvalue weighted by Crippen LogP contribution is 2.16. The molecular formula is C13H10ClFN2O. The van der Waals surface area contributed by atoms with Crippen LogP contribution in [0.15, 0.2) is 42.7 Å². The minimum Gasteiger partial charge on any atom is -0.348 e. The maximum Gasteiger partial charge on any atom is 0.253 e. The van der Waals surface area contributed by atoms with Crippen molar-refractivity contribution in [1.82, 2.24) is 10.3 Å². The Labute approximate surface area is 109 Å². The number of nitrogens with zero attached hydrogens (tertiary/aromatic N) is 1. The van der Waals surface area contributed by atoms with Crippen molar-refractivity contribution in [1.29, 1.82) is 0 Å². The first-order chi connectivity index (χ1) is 8.66. The zero-order valence-electron chi connectivity index (χ0n) is 9.36. The summed E-state index contributed by atoms with van der Waals surface area (Å²) in [5.74, 6) is -0.647. The van der Waals surface area contributed by atoms with Crippen molar-refractivity contribution in [3.05, 3.63) is 64.7 Å². The van der Waals surface area contributed by atoms with E-state index in [1.165, 1.54) is 18.3 Å². The van der Waals surface area contributed by atoms with E-state index in [2.05, 4.69) is 10.3 Å². The van der Waals surface area contributed by atoms with E-state index >= 15 is 0 Å². The first kappa shape index (κ1) is 12.5. The Kier molecular flexibility index (Phi) is 3.89. The van der Waals surface area contributed by atoms with Gasteiger partial charge in [0, 0.05) is 24.0 Å². The molecule has 0 unspecified atom stereocenters. The van der Waals surface area contributed by atoms with Gasteiger partial charge in [0.1, 0.15) is 5.82 Å². The lowest BCUT2D eigenvalue weighted by Crippen LogP contribution is -2.23. The van der Waals surface area contributed by atoms with Crippen LogP contribution in [-0.4, -0.2) is 10.9 Å². The van der Waals surface area contributed by atoms with Gasteiger partial charge in [-0.3, -0.25) is 9.78 Å². The minimum absolute atomic E-state index is 0.243. The number of hydrogen-bond acceptors (Lipinski definition) is 2. The van der Waals surface area contributed by atoms with E-state index in [1.54, 1.807) is 24.4 Å². The molecule has 1 N–H and O–H groups in total. The van der Waals surface area contributed by atoms with Gasteiger partial charge in [-0.05, 0) is 29.8 Å². The minimum atomic E-state index is -0.401. The van der Waals surface area contributed by atoms with Gasteiger partial charge in [-0.1, -0.05) is 17.7 Å². The molecule has 3 nitrogen and oxygen atoms in total. The number of rotatable bonds is 3. The predicted octanol–water partition coefficient (Wildman–Crippen LogP) is 2.80. The van der Waals surface area contributed by atoms with Crippen molar-refractivity contribution in [2.24, 2.45) is 0 Å². The fourth-order valence-corrected chi connectivity index (χ4v) is 1.67. The van der Waals surface area contributed by atoms with Gasteiger partial charge < -0.3 is 5.32 Å². The number of carbonyl (C=O) groups excluding carboxylic acids is 1. The molecule has 0 radical (unpaired) electrons. The van der Waals surface area contributed by atoms with E-state index in [-0.39, 0.29) is 12.5 Å². The summed E-state index contributed by atoms with van der Waals surface area (Å²) in [6, 6.07) is 7.40. The lowest BCUT2D eigenvalue weighted by Gasteiger charge is -2.06. The smallest absolute Gasteiger partial charge is 0.253 e. The highest BCUT2D eigenvalue weighted by Gasteiger charge is 2.07. The van der Waals surface area contributed by atoms with E-state index < -0.39 is 5.82 Å². The van der Waals surface area contributed by atoms with Gasteiger partial charge in [0.15, 0.2) is 0 Å². The molecule has 1 aromatic heterocycles. The molecule has 92 valence electrons. The number of benzene rings is 1. The van der Waals surface area contributed by atoms with Crippen LogP contribution >= 0.6 is 11.6 Å². The summed E-state index contributed by atoms with van der Waals surface area (Å²) < 4.78 is 12.8. The van der Waals surface area contributed by atoms with E-state index in [0.717, 1.165) is 0 Å². The Morgan fingerprint density at radius 2 is 2.22 bits per heavy atom. The molecule has 2 rings (SSSR count). The number of amides is 1. The molecule has 0 aliphatic heterocycles. The van der Waals surface area contributed by atoms with Crippen LogP contribution in [0.25, 0.3) is 0 Å². The zero-order valence-corrected chi connectivity index (χ0v) is 10.1. The standard InChI is InChI=1S/C13H10ClFN2O/c14-12-6-11(15)4-3-9(12)8-17-13(18)10-2-1-5-16-7-10/h1-7H,8H2,(H,17,18). The second-order valence-corrected chi connectivity index (χ2v) is 4.07. The molecule has 1 heterocycles. The van der Waals surface area contributed by atoms with Gasteiger partial charge in [-0.15, -0.1) is 0 Å². The molecule has 0 bridgehead atoms. The molecule has 0 aliphatic carbocycles. The third-order valence-corrected chi connectivity index (χ3v) is 2.73. The maximum absolute atomic E-state index is 12.8. The summed E-state index contributed by atoms with van der Waals surface area (Å²) in [7, 11) is 0. The average Bonchev–Trinajstić information content (AvgIpc) is 2.38. The van der Waals surface area contributed by atoms with Crippen molar-refractivity contribution < 1.29 is 9.18 Å². The fraction of sp³-hybridized carbons (Fsp3) is 0.0769. The third-order valence-electron chi connectivity index (χ3n) is 2.38. The van der Waals surface area contributed by atoms with Crippen LogP contribution in [0.4, 0.5) is 4.39 Å². The van der Waals surface area contributed by atoms with E-state index in [0.29, 0.717) is 16.1 Å². The summed E-state index contributed by atoms with van der Waals surface area (Å²) in [5, 5.41) is 2.98. The Morgan fingerprint density at radius 1 is 1.39 bits per heavy atom. The third kappa shape index (κ3) is 3.05. The summed E-state index contributed by atoms with van der Waals surface area (Å²) in [4.78, 5) is 15.6. The SMILES string of the molecule is O=C(NCc1ccc(F)cc1Cl)c1cccnc1. The fourth-order valence-electron chi connectivity index (χ4n) is 1.44. The van der Waals surface area contributed by atoms with Crippen molar-refractivity contribution in [2.75, 3.05) is 0 Å². The molecule has 1 aromatic carbocycles. The van der Waals surface area contributed by atoms with E-state index in [9.17, 15) is 9.18 Å². The number of carbonyl (C=O) groups is 1. The van der Waals surface area contributed by atoms with E-state index in [4.69, 9.17) is 11.6 Å². The molecule has 1 amide bonds. The first-order valence-corrected chi connectivity index (χ1v) is 5.67. The van der Waals surface area contributed by atoms with Crippen molar-refractivity contribution in [3.63, 3.8) is 0 Å². The molecule has 0 atom stereocenters. The molecule has 0 saturated carbocycles. The first-order valence-electron chi connectivity index (χ1n) is 5.29. The predicted molar refractivity (Wildman–Crippen MR) is 66.8 cm³/mol. The lowest BCUT2D eigenvalue weighted by atomic mass is 10.2. The molecule has 2 aromatic rings. The number of pyridine rings is 1. The largest absolute Gasteiger partial charge is 0.348 e.